The third kappa shape index (κ3) is 4.86. The molecule has 228 valence electrons. The van der Waals surface area contributed by atoms with E-state index in [1.165, 1.54) is 13.8 Å². The summed E-state index contributed by atoms with van der Waals surface area (Å²) < 4.78 is 17.1. The van der Waals surface area contributed by atoms with Crippen molar-refractivity contribution in [3.63, 3.8) is 0 Å². The summed E-state index contributed by atoms with van der Waals surface area (Å²) in [6, 6.07) is 2.10. The van der Waals surface area contributed by atoms with Gasteiger partial charge in [-0.05, 0) is 57.5 Å². The largest absolute Gasteiger partial charge is 0.504 e. The van der Waals surface area contributed by atoms with E-state index in [1.807, 2.05) is 20.0 Å². The van der Waals surface area contributed by atoms with Crippen LogP contribution in [0.15, 0.2) is 24.0 Å². The number of likely N-dealkylation sites (N-methyl/N-ethyl adjacent to an activating group) is 1. The van der Waals surface area contributed by atoms with Crippen LogP contribution in [-0.2, 0) is 40.5 Å². The minimum Gasteiger partial charge on any atom is -0.504 e. The first-order valence-corrected chi connectivity index (χ1v) is 14.8. The minimum atomic E-state index is -1.20. The maximum absolute atomic E-state index is 13.4. The number of benzene rings is 1. The van der Waals surface area contributed by atoms with Crippen LogP contribution < -0.4 is 10.1 Å². The summed E-state index contributed by atoms with van der Waals surface area (Å²) in [7, 11) is 1.99. The number of carbonyl (C=O) groups is 4. The zero-order valence-corrected chi connectivity index (χ0v) is 24.6. The molecule has 3 N–H and O–H groups in total. The van der Waals surface area contributed by atoms with Gasteiger partial charge in [0.05, 0.1) is 23.5 Å². The van der Waals surface area contributed by atoms with Crippen molar-refractivity contribution >= 4 is 23.6 Å². The molecule has 6 atom stereocenters. The Labute approximate surface area is 245 Å². The average molecular weight is 585 g/mol. The second-order valence-electron chi connectivity index (χ2n) is 12.0. The van der Waals surface area contributed by atoms with Crippen LogP contribution in [0.25, 0.3) is 0 Å². The van der Waals surface area contributed by atoms with Gasteiger partial charge in [-0.1, -0.05) is 25.8 Å². The topological polar surface area (TPSA) is 152 Å². The van der Waals surface area contributed by atoms with Gasteiger partial charge in [-0.25, -0.2) is 0 Å². The molecule has 0 unspecified atom stereocenters. The molecule has 0 aromatic heterocycles. The third-order valence-corrected chi connectivity index (χ3v) is 9.40. The Morgan fingerprint density at radius 2 is 2.00 bits per heavy atom. The number of hydrogen-bond acceptors (Lipinski definition) is 10. The highest BCUT2D eigenvalue weighted by Gasteiger charge is 2.72. The van der Waals surface area contributed by atoms with Gasteiger partial charge in [0.25, 0.3) is 5.91 Å². The van der Waals surface area contributed by atoms with Gasteiger partial charge in [-0.15, -0.1) is 0 Å². The lowest BCUT2D eigenvalue weighted by molar-refractivity contribution is -0.169. The second-order valence-corrected chi connectivity index (χ2v) is 12.0. The van der Waals surface area contributed by atoms with Crippen molar-refractivity contribution in [3.8, 4) is 11.5 Å². The lowest BCUT2D eigenvalue weighted by Gasteiger charge is -2.61. The molecule has 2 aliphatic carbocycles. The lowest BCUT2D eigenvalue weighted by Crippen LogP contribution is -2.74. The Balaban J connectivity index is 1.38. The molecule has 42 heavy (non-hydrogen) atoms. The highest BCUT2D eigenvalue weighted by Crippen LogP contribution is 2.65. The number of likely N-dealkylation sites (tertiary alicyclic amines) is 1. The van der Waals surface area contributed by atoms with Gasteiger partial charge in [0, 0.05) is 31.4 Å². The first-order valence-electron chi connectivity index (χ1n) is 14.8. The summed E-state index contributed by atoms with van der Waals surface area (Å²) in [5.74, 6) is -1.92. The van der Waals surface area contributed by atoms with Gasteiger partial charge in [0.15, 0.2) is 29.5 Å². The number of carbonyl (C=O) groups excluding carboxylic acids is 4. The molecule has 1 fully saturated rings. The van der Waals surface area contributed by atoms with Crippen molar-refractivity contribution in [2.75, 3.05) is 13.6 Å². The summed E-state index contributed by atoms with van der Waals surface area (Å²) in [6.07, 6.45) is 3.09. The summed E-state index contributed by atoms with van der Waals surface area (Å²) in [5.41, 5.74) is -0.358. The van der Waals surface area contributed by atoms with Crippen molar-refractivity contribution in [1.29, 1.82) is 0 Å². The fraction of sp³-hybridized carbons (Fsp3) is 0.613. The van der Waals surface area contributed by atoms with Gasteiger partial charge in [-0.2, -0.15) is 0 Å². The number of amides is 1. The van der Waals surface area contributed by atoms with Crippen LogP contribution in [0.4, 0.5) is 0 Å². The average Bonchev–Trinajstić information content (AvgIpc) is 3.29. The van der Waals surface area contributed by atoms with Crippen LogP contribution in [0.2, 0.25) is 0 Å². The molecule has 1 spiro atoms. The molecule has 11 heteroatoms. The summed E-state index contributed by atoms with van der Waals surface area (Å²) in [4.78, 5) is 52.6. The van der Waals surface area contributed by atoms with E-state index in [0.717, 1.165) is 24.0 Å². The van der Waals surface area contributed by atoms with E-state index < -0.39 is 53.5 Å². The zero-order chi connectivity index (χ0) is 30.4. The van der Waals surface area contributed by atoms with Crippen molar-refractivity contribution in [2.24, 2.45) is 0 Å². The first-order chi connectivity index (χ1) is 19.9. The molecule has 5 rings (SSSR count). The van der Waals surface area contributed by atoms with E-state index in [0.29, 0.717) is 31.6 Å². The number of aliphatic hydroxyl groups is 1. The van der Waals surface area contributed by atoms with E-state index in [-0.39, 0.29) is 36.2 Å². The summed E-state index contributed by atoms with van der Waals surface area (Å²) >= 11 is 0. The smallest absolute Gasteiger partial charge is 0.313 e. The predicted molar refractivity (Wildman–Crippen MR) is 150 cm³/mol. The quantitative estimate of drug-likeness (QED) is 0.261. The highest BCUT2D eigenvalue weighted by molar-refractivity contribution is 5.93. The number of esters is 2. The minimum absolute atomic E-state index is 0.0368. The Kier molecular flexibility index (Phi) is 8.10. The third-order valence-electron chi connectivity index (χ3n) is 9.40. The fourth-order valence-corrected chi connectivity index (χ4v) is 7.34. The molecule has 1 aromatic carbocycles. The van der Waals surface area contributed by atoms with Gasteiger partial charge in [-0.3, -0.25) is 19.2 Å². The van der Waals surface area contributed by atoms with Gasteiger partial charge in [0.2, 0.25) is 0 Å². The van der Waals surface area contributed by atoms with Crippen LogP contribution in [0.3, 0.4) is 0 Å². The number of piperidine rings is 1. The van der Waals surface area contributed by atoms with Crippen molar-refractivity contribution < 1.29 is 43.6 Å². The number of hydrogen-bond donors (Lipinski definition) is 3. The molecule has 1 saturated heterocycles. The number of nitrogens with zero attached hydrogens (tertiary/aromatic N) is 1. The van der Waals surface area contributed by atoms with Crippen LogP contribution in [0.5, 0.6) is 11.5 Å². The van der Waals surface area contributed by atoms with Crippen molar-refractivity contribution in [1.82, 2.24) is 10.2 Å². The Hall–Kier alpha value is -3.44. The molecule has 0 radical (unpaired) electrons. The van der Waals surface area contributed by atoms with Gasteiger partial charge >= 0.3 is 11.9 Å². The number of phenolic OH excluding ortho intramolecular Hbond substituents is 1. The number of Topliss-reactive ketones (excluding diaryl/α,β-unsaturated/α-hetero) is 1. The molecule has 11 nitrogen and oxygen atoms in total. The number of nitrogens with one attached hydrogen (secondary N) is 1. The Bertz CT molecular complexity index is 1330. The van der Waals surface area contributed by atoms with Crippen LogP contribution in [0.1, 0.15) is 76.8 Å². The molecule has 4 aliphatic rings. The number of rotatable bonds is 11. The number of unbranched alkanes of at least 4 members (excludes halogenated alkanes) is 2. The van der Waals surface area contributed by atoms with Gasteiger partial charge in [0.1, 0.15) is 5.76 Å². The maximum atomic E-state index is 13.4. The number of ketones is 1. The normalized spacial score (nSPS) is 28.5. The fourth-order valence-electron chi connectivity index (χ4n) is 7.34. The second kappa shape index (κ2) is 11.3. The predicted octanol–water partition coefficient (Wildman–Crippen LogP) is 2.19. The van der Waals surface area contributed by atoms with Crippen LogP contribution >= 0.6 is 0 Å². The first kappa shape index (κ1) is 30.0. The van der Waals surface area contributed by atoms with E-state index in [1.54, 1.807) is 12.1 Å². The molecule has 2 bridgehead atoms. The molecule has 2 heterocycles. The summed E-state index contributed by atoms with van der Waals surface area (Å²) in [6.45, 7) is 5.26. The number of ether oxygens (including phenoxy) is 3. The number of aromatic hydroxyl groups is 1. The molecule has 1 amide bonds. The van der Waals surface area contributed by atoms with Crippen molar-refractivity contribution in [3.05, 3.63) is 35.1 Å². The van der Waals surface area contributed by atoms with Crippen LogP contribution in [-0.4, -0.2) is 82.2 Å². The van der Waals surface area contributed by atoms with E-state index in [9.17, 15) is 29.4 Å². The molecular formula is C31H40N2O9. The molecule has 0 saturated carbocycles. The molecular weight excluding hydrogens is 544 g/mol. The Morgan fingerprint density at radius 1 is 1.24 bits per heavy atom. The molecule has 2 aliphatic heterocycles. The molecule has 1 aromatic rings. The zero-order valence-electron chi connectivity index (χ0n) is 24.6. The van der Waals surface area contributed by atoms with Crippen LogP contribution in [0, 0.1) is 0 Å². The van der Waals surface area contributed by atoms with E-state index in [2.05, 4.69) is 10.2 Å². The van der Waals surface area contributed by atoms with Gasteiger partial charge < -0.3 is 34.6 Å². The lowest BCUT2D eigenvalue weighted by atomic mass is 9.50. The summed E-state index contributed by atoms with van der Waals surface area (Å²) in [5, 5.41) is 25.5. The Morgan fingerprint density at radius 3 is 2.71 bits per heavy atom. The monoisotopic (exact) mass is 584 g/mol. The van der Waals surface area contributed by atoms with E-state index in [4.69, 9.17) is 14.2 Å². The number of phenols is 1. The standard InChI is InChI=1S/C31H40N2O9/c1-5-6-7-8-21(35)20(32-29(38)17(2)40-18(3)34)16-25(37)41-23-11-12-31(39)24-15-19-9-10-22(36)27-26(19)30(31,28(23)42-27)13-14-33(24)4/h9-11,17,20,24,28,36,39H,5-8,12-16H2,1-4H3,(H,32,38)/t17-,20-,24+,28-,30-,31+/m0/s1. The van der Waals surface area contributed by atoms with E-state index >= 15 is 0 Å². The maximum Gasteiger partial charge on any atom is 0.313 e. The van der Waals surface area contributed by atoms with Crippen molar-refractivity contribution in [2.45, 2.75) is 107 Å². The highest BCUT2D eigenvalue weighted by atomic mass is 16.6. The SMILES string of the molecule is CCCCCC(=O)[C@H](CC(=O)OC1=CC[C@@]2(O)[C@H]3Cc4ccc(O)c5c4[C@@]2(CCN3C)[C@H]1O5)NC(=O)[C@H](C)OC(C)=O.